The number of aromatic nitrogens is 8. The van der Waals surface area contributed by atoms with Crippen LogP contribution in [0.3, 0.4) is 0 Å². The van der Waals surface area contributed by atoms with E-state index in [9.17, 15) is 38.0 Å². The highest BCUT2D eigenvalue weighted by Gasteiger charge is 2.51. The van der Waals surface area contributed by atoms with E-state index in [4.69, 9.17) is 24.3 Å². The average Bonchev–Trinajstić information content (AvgIpc) is 1.07. The van der Waals surface area contributed by atoms with Gasteiger partial charge in [0, 0.05) is 67.8 Å². The molecule has 2 saturated heterocycles. The third kappa shape index (κ3) is 16.0. The minimum Gasteiger partial charge on any atom is -0.382 e. The summed E-state index contributed by atoms with van der Waals surface area (Å²) in [7, 11) is -2.89. The number of amides is 4. The van der Waals surface area contributed by atoms with Crippen LogP contribution >= 0.6 is 26.2 Å². The Labute approximate surface area is 541 Å². The number of rotatable bonds is 30. The van der Waals surface area contributed by atoms with Crippen LogP contribution in [0.25, 0.3) is 33.7 Å². The summed E-state index contributed by atoms with van der Waals surface area (Å²) in [4.78, 5) is 101. The normalized spacial score (nSPS) is 20.3. The Balaban J connectivity index is 0.606. The summed E-state index contributed by atoms with van der Waals surface area (Å²) in [6, 6.07) is 22.5. The van der Waals surface area contributed by atoms with Gasteiger partial charge < -0.3 is 60.2 Å². The molecule has 2 unspecified atom stereocenters. The number of ether oxygens (including phenoxy) is 2. The third-order valence-corrected chi connectivity index (χ3v) is 21.8. The number of para-hydroxylation sites is 1. The standard InChI is InChI=1S/C62H76N16O12P2S/c1-40-55-60(68-36-66-40)77(38-70-55)54-31-62(2,91(84)87-34-44-23-24-53(89-44)76-39-71-57-59(63)67-37-69-61(57)76)48(90-54)26-30-88-92(85,86)93-35-41-19-21-43(22-20-41)72-51(82)32-65-50(81)18-5-3-11-28-78-58-45-14-8-7-13-42(45)33-75(47-16-10-9-15-46(47)56(58)73-74-78)52(83)25-27-64-49(80)17-6-4-12-29-79/h7-10,13-16,19-22,29,36-39,44,48,53-54,73-74,91H,3-6,11-12,17-18,23-28,30-35H2,1-2H3,(H,64,80)(H,65,81)(H,72,82)(H,85,86)(H2,63,67,69)/t44-,48+,53+,54+,62?/m0/s1. The molecule has 492 valence electrons. The Hall–Kier alpha value is -7.98. The first-order valence-corrected chi connectivity index (χ1v) is 35.6. The van der Waals surface area contributed by atoms with E-state index in [1.54, 1.807) is 51.0 Å². The van der Waals surface area contributed by atoms with Gasteiger partial charge in [-0.1, -0.05) is 61.0 Å². The number of benzene rings is 3. The monoisotopic (exact) mass is 1330 g/mol. The number of anilines is 3. The molecule has 0 spiro atoms. The number of hydrogen-bond acceptors (Lipinski definition) is 22. The van der Waals surface area contributed by atoms with Gasteiger partial charge in [-0.3, -0.25) is 37.9 Å². The van der Waals surface area contributed by atoms with Gasteiger partial charge in [0.2, 0.25) is 23.6 Å². The van der Waals surface area contributed by atoms with Crippen molar-refractivity contribution in [2.45, 2.75) is 139 Å². The molecule has 28 nitrogen and oxygen atoms in total. The van der Waals surface area contributed by atoms with Gasteiger partial charge >= 0.3 is 6.80 Å². The fourth-order valence-corrected chi connectivity index (χ4v) is 15.7. The van der Waals surface area contributed by atoms with Crippen molar-refractivity contribution >= 4 is 107 Å². The molecule has 11 rings (SSSR count). The molecule has 4 aromatic heterocycles. The van der Waals surface area contributed by atoms with Crippen molar-refractivity contribution in [1.29, 1.82) is 0 Å². The summed E-state index contributed by atoms with van der Waals surface area (Å²) < 4.78 is 56.1. The smallest absolute Gasteiger partial charge is 0.382 e. The summed E-state index contributed by atoms with van der Waals surface area (Å²) in [5.41, 5.74) is 22.0. The van der Waals surface area contributed by atoms with Gasteiger partial charge in [-0.05, 0) is 99.5 Å². The number of unbranched alkanes of at least 4 members (excludes halogenated alkanes) is 4. The molecule has 0 aliphatic carbocycles. The predicted molar refractivity (Wildman–Crippen MR) is 349 cm³/mol. The molecule has 31 heteroatoms. The molecule has 8 heterocycles. The molecule has 0 bridgehead atoms. The van der Waals surface area contributed by atoms with Crippen LogP contribution in [0.1, 0.15) is 131 Å². The molecule has 7 aromatic rings. The van der Waals surface area contributed by atoms with E-state index >= 15 is 0 Å². The van der Waals surface area contributed by atoms with Gasteiger partial charge in [-0.15, -0.1) is 5.53 Å². The van der Waals surface area contributed by atoms with Gasteiger partial charge in [0.15, 0.2) is 25.1 Å². The van der Waals surface area contributed by atoms with Crippen LogP contribution < -0.4 is 37.5 Å². The van der Waals surface area contributed by atoms with E-state index in [1.165, 1.54) is 12.7 Å². The van der Waals surface area contributed by atoms with E-state index in [0.29, 0.717) is 97.3 Å². The van der Waals surface area contributed by atoms with Crippen LogP contribution in [0.15, 0.2) is 98.1 Å². The molecule has 4 aliphatic rings. The first-order valence-electron chi connectivity index (χ1n) is 31.1. The van der Waals surface area contributed by atoms with Crippen LogP contribution in [0.2, 0.25) is 0 Å². The number of nitrogen functional groups attached to an aromatic ring is 1. The lowest BCUT2D eigenvalue weighted by Crippen LogP contribution is -2.38. The van der Waals surface area contributed by atoms with Crippen molar-refractivity contribution < 1.29 is 56.5 Å². The highest BCUT2D eigenvalue weighted by Crippen LogP contribution is 2.59. The van der Waals surface area contributed by atoms with E-state index in [0.717, 1.165) is 64.3 Å². The number of hydrazine groups is 2. The molecule has 3 aromatic carbocycles. The minimum atomic E-state index is -4.22. The largest absolute Gasteiger partial charge is 0.386 e. The zero-order chi connectivity index (χ0) is 65.1. The van der Waals surface area contributed by atoms with Crippen molar-refractivity contribution in [3.8, 4) is 0 Å². The van der Waals surface area contributed by atoms with Gasteiger partial charge in [0.25, 0.3) is 0 Å². The second-order valence-corrected chi connectivity index (χ2v) is 29.3. The molecule has 93 heavy (non-hydrogen) atoms. The van der Waals surface area contributed by atoms with Crippen molar-refractivity contribution in [2.24, 2.45) is 0 Å². The van der Waals surface area contributed by atoms with Gasteiger partial charge in [-0.2, -0.15) is 0 Å². The molecule has 4 aliphatic heterocycles. The quantitative estimate of drug-likeness (QED) is 0.0128. The molecular weight excluding hydrogens is 1250 g/mol. The average molecular weight is 1330 g/mol. The second-order valence-electron chi connectivity index (χ2n) is 23.4. The van der Waals surface area contributed by atoms with Gasteiger partial charge in [-0.25, -0.2) is 34.5 Å². The summed E-state index contributed by atoms with van der Waals surface area (Å²) in [5, 5.41) is 9.35. The number of aldehydes is 1. The fourth-order valence-electron chi connectivity index (χ4n) is 12.0. The third-order valence-electron chi connectivity index (χ3n) is 17.0. The Morgan fingerprint density at radius 2 is 1.56 bits per heavy atom. The second kappa shape index (κ2) is 30.4. The maximum atomic E-state index is 14.4. The highest BCUT2D eigenvalue weighted by molar-refractivity contribution is 8.54. The maximum Gasteiger partial charge on any atom is 0.386 e. The van der Waals surface area contributed by atoms with Crippen molar-refractivity contribution in [3.05, 3.63) is 126 Å². The number of nitrogens with zero attached hydrogens (tertiary/aromatic N) is 10. The SMILES string of the molecule is Cc1ncnc2c1ncn2[C@H]1CC(C)([PH](=O)OC[C@@H]2CC[C@H](n3cnc4c(N)ncnc43)O2)[C@@H](CCO[P@@](=O)(O)SCc2ccc(NC(=O)CNC(=O)CCCCCN3NNC4=C3c3ccccc3CN(C(=O)CCNC(=O)CCCCC=O)c3ccccc34)cc2)O1. The Morgan fingerprint density at radius 3 is 2.37 bits per heavy atom. The number of aryl methyl sites for hydroxylation is 1. The first kappa shape index (κ1) is 66.5. The lowest BCUT2D eigenvalue weighted by Gasteiger charge is -2.30. The molecule has 7 atom stereocenters. The summed E-state index contributed by atoms with van der Waals surface area (Å²) in [6.07, 6.45) is 10.8. The van der Waals surface area contributed by atoms with Crippen LogP contribution in [0.4, 0.5) is 17.2 Å². The maximum absolute atomic E-state index is 14.4. The zero-order valence-corrected chi connectivity index (χ0v) is 54.3. The molecular formula is C62H76N16O12P2S. The topological polar surface area (TPSA) is 356 Å². The number of carbonyl (C=O) groups is 5. The minimum absolute atomic E-state index is 0.0563. The Kier molecular flexibility index (Phi) is 21.7. The molecule has 0 radical (unpaired) electrons. The molecule has 4 amide bonds. The lowest BCUT2D eigenvalue weighted by atomic mass is 9.95. The number of fused-ring (bicyclic) bond motifs is 6. The number of hydrogen-bond donors (Lipinski definition) is 7. The van der Waals surface area contributed by atoms with Gasteiger partial charge in [0.1, 0.15) is 42.4 Å². The van der Waals surface area contributed by atoms with E-state index in [2.05, 4.69) is 61.8 Å². The van der Waals surface area contributed by atoms with Crippen molar-refractivity contribution in [3.63, 3.8) is 0 Å². The van der Waals surface area contributed by atoms with Gasteiger partial charge in [0.05, 0.1) is 79.1 Å². The van der Waals surface area contributed by atoms with Crippen molar-refractivity contribution in [2.75, 3.05) is 48.8 Å². The first-order chi connectivity index (χ1) is 45.0. The molecule has 2 fully saturated rings. The summed E-state index contributed by atoms with van der Waals surface area (Å²) in [5.74, 6) is -0.565. The zero-order valence-electron chi connectivity index (χ0n) is 51.6. The van der Waals surface area contributed by atoms with E-state index in [-0.39, 0.29) is 93.6 Å². The molecule has 0 saturated carbocycles. The summed E-state index contributed by atoms with van der Waals surface area (Å²) >= 11 is 0.737. The van der Waals surface area contributed by atoms with Crippen LogP contribution in [-0.2, 0) is 63.9 Å². The lowest BCUT2D eigenvalue weighted by molar-refractivity contribution is -0.124. The van der Waals surface area contributed by atoms with Crippen LogP contribution in [0.5, 0.6) is 0 Å². The Bertz CT molecular complexity index is 3970. The van der Waals surface area contributed by atoms with E-state index < -0.39 is 38.2 Å². The molecule has 8 N–H and O–H groups in total. The van der Waals surface area contributed by atoms with Crippen LogP contribution in [0, 0.1) is 6.92 Å². The van der Waals surface area contributed by atoms with Crippen LogP contribution in [-0.4, -0.2) is 129 Å². The van der Waals surface area contributed by atoms with Crippen molar-refractivity contribution in [1.82, 2.24) is 65.6 Å². The number of imidazole rings is 2. The fraction of sp³-hybridized carbons (Fsp3) is 0.435. The highest BCUT2D eigenvalue weighted by atomic mass is 32.7. The van der Waals surface area contributed by atoms with E-state index in [1.807, 2.05) is 62.4 Å². The Morgan fingerprint density at radius 1 is 0.839 bits per heavy atom. The number of nitrogens with two attached hydrogens (primary N) is 1. The predicted octanol–water partition coefficient (Wildman–Crippen LogP) is 7.79. The summed E-state index contributed by atoms with van der Waals surface area (Å²) in [6.45, 7) is 0.210. The number of carbonyl (C=O) groups excluding carboxylic acids is 5. The number of nitrogens with one attached hydrogen (secondary N) is 5.